The standard InChI is InChI=1S/C17H22N2O/c1-11-5-6-16(9-12(11)2)17(20)18-8-7-15-10-13(3)19-14(15)4/h5-6,9-10,19H,7-8H2,1-4H3,(H,18,20). The third kappa shape index (κ3) is 3.29. The zero-order chi connectivity index (χ0) is 14.7. The molecule has 0 bridgehead atoms. The second kappa shape index (κ2) is 5.95. The molecule has 0 radical (unpaired) electrons. The topological polar surface area (TPSA) is 44.9 Å². The van der Waals surface area contributed by atoms with E-state index in [0.717, 1.165) is 23.2 Å². The molecule has 0 unspecified atom stereocenters. The van der Waals surface area contributed by atoms with Crippen LogP contribution < -0.4 is 5.32 Å². The Morgan fingerprint density at radius 2 is 1.85 bits per heavy atom. The smallest absolute Gasteiger partial charge is 0.251 e. The molecule has 2 aromatic rings. The Morgan fingerprint density at radius 3 is 2.45 bits per heavy atom. The number of hydrogen-bond acceptors (Lipinski definition) is 1. The molecule has 2 rings (SSSR count). The van der Waals surface area contributed by atoms with Crippen LogP contribution in [0.15, 0.2) is 24.3 Å². The van der Waals surface area contributed by atoms with Crippen LogP contribution in [0.3, 0.4) is 0 Å². The highest BCUT2D eigenvalue weighted by Gasteiger charge is 2.07. The average Bonchev–Trinajstić information content (AvgIpc) is 2.71. The van der Waals surface area contributed by atoms with E-state index < -0.39 is 0 Å². The van der Waals surface area contributed by atoms with E-state index in [1.165, 1.54) is 16.8 Å². The number of hydrogen-bond donors (Lipinski definition) is 2. The van der Waals surface area contributed by atoms with Crippen LogP contribution >= 0.6 is 0 Å². The zero-order valence-electron chi connectivity index (χ0n) is 12.6. The Morgan fingerprint density at radius 1 is 1.10 bits per heavy atom. The molecule has 1 aromatic carbocycles. The molecule has 2 N–H and O–H groups in total. The van der Waals surface area contributed by atoms with Gasteiger partial charge in [-0.05, 0) is 69.0 Å². The van der Waals surface area contributed by atoms with E-state index in [0.29, 0.717) is 6.54 Å². The van der Waals surface area contributed by atoms with Gasteiger partial charge < -0.3 is 10.3 Å². The van der Waals surface area contributed by atoms with Crippen LogP contribution in [-0.4, -0.2) is 17.4 Å². The van der Waals surface area contributed by atoms with Gasteiger partial charge in [-0.2, -0.15) is 0 Å². The molecule has 106 valence electrons. The first-order valence-electron chi connectivity index (χ1n) is 6.98. The number of nitrogens with one attached hydrogen (secondary N) is 2. The van der Waals surface area contributed by atoms with Crippen LogP contribution in [0.4, 0.5) is 0 Å². The minimum Gasteiger partial charge on any atom is -0.362 e. The largest absolute Gasteiger partial charge is 0.362 e. The van der Waals surface area contributed by atoms with Gasteiger partial charge in [0, 0.05) is 23.5 Å². The van der Waals surface area contributed by atoms with E-state index in [4.69, 9.17) is 0 Å². The molecule has 1 heterocycles. The molecule has 0 saturated heterocycles. The van der Waals surface area contributed by atoms with Crippen molar-refractivity contribution in [3.05, 3.63) is 57.9 Å². The number of aromatic nitrogens is 1. The van der Waals surface area contributed by atoms with Crippen LogP contribution in [0, 0.1) is 27.7 Å². The Bertz CT molecular complexity index is 626. The zero-order valence-corrected chi connectivity index (χ0v) is 12.6. The summed E-state index contributed by atoms with van der Waals surface area (Å²) in [5.74, 6) is -0.00184. The molecule has 0 aliphatic heterocycles. The lowest BCUT2D eigenvalue weighted by atomic mass is 10.1. The number of amides is 1. The normalized spacial score (nSPS) is 10.6. The van der Waals surface area contributed by atoms with E-state index in [1.807, 2.05) is 39.0 Å². The van der Waals surface area contributed by atoms with Gasteiger partial charge in [-0.15, -0.1) is 0 Å². The SMILES string of the molecule is Cc1cc(CCNC(=O)c2ccc(C)c(C)c2)c(C)[nH]1. The highest BCUT2D eigenvalue weighted by molar-refractivity contribution is 5.94. The first kappa shape index (κ1) is 14.4. The van der Waals surface area contributed by atoms with Crippen molar-refractivity contribution >= 4 is 5.91 Å². The molecular formula is C17H22N2O. The number of H-pyrrole nitrogens is 1. The number of aryl methyl sites for hydroxylation is 4. The van der Waals surface area contributed by atoms with Crippen LogP contribution in [0.1, 0.15) is 38.4 Å². The van der Waals surface area contributed by atoms with Gasteiger partial charge in [0.05, 0.1) is 0 Å². The summed E-state index contributed by atoms with van der Waals surface area (Å²) >= 11 is 0. The third-order valence-corrected chi connectivity index (χ3v) is 3.71. The number of aromatic amines is 1. The number of rotatable bonds is 4. The summed E-state index contributed by atoms with van der Waals surface area (Å²) < 4.78 is 0. The minimum atomic E-state index is -0.00184. The molecule has 0 atom stereocenters. The van der Waals surface area contributed by atoms with E-state index >= 15 is 0 Å². The fourth-order valence-electron chi connectivity index (χ4n) is 2.34. The summed E-state index contributed by atoms with van der Waals surface area (Å²) in [7, 11) is 0. The van der Waals surface area contributed by atoms with Gasteiger partial charge in [0.25, 0.3) is 5.91 Å². The second-order valence-electron chi connectivity index (χ2n) is 5.41. The Hall–Kier alpha value is -2.03. The third-order valence-electron chi connectivity index (χ3n) is 3.71. The van der Waals surface area contributed by atoms with E-state index in [-0.39, 0.29) is 5.91 Å². The number of benzene rings is 1. The predicted molar refractivity (Wildman–Crippen MR) is 82.2 cm³/mol. The molecule has 0 aliphatic carbocycles. The van der Waals surface area contributed by atoms with Gasteiger partial charge >= 0.3 is 0 Å². The van der Waals surface area contributed by atoms with Gasteiger partial charge in [0.15, 0.2) is 0 Å². The summed E-state index contributed by atoms with van der Waals surface area (Å²) in [5.41, 5.74) is 6.70. The first-order chi connectivity index (χ1) is 9.47. The summed E-state index contributed by atoms with van der Waals surface area (Å²) in [6.07, 6.45) is 0.854. The number of carbonyl (C=O) groups excluding carboxylic acids is 1. The van der Waals surface area contributed by atoms with Crippen LogP contribution in [0.5, 0.6) is 0 Å². The highest BCUT2D eigenvalue weighted by Crippen LogP contribution is 2.11. The lowest BCUT2D eigenvalue weighted by molar-refractivity contribution is 0.0954. The fourth-order valence-corrected chi connectivity index (χ4v) is 2.34. The van der Waals surface area contributed by atoms with Crippen molar-refractivity contribution in [2.24, 2.45) is 0 Å². The molecule has 0 saturated carbocycles. The summed E-state index contributed by atoms with van der Waals surface area (Å²) in [6, 6.07) is 7.95. The monoisotopic (exact) mass is 270 g/mol. The van der Waals surface area contributed by atoms with Crippen molar-refractivity contribution < 1.29 is 4.79 Å². The molecule has 20 heavy (non-hydrogen) atoms. The molecule has 1 aromatic heterocycles. The summed E-state index contributed by atoms with van der Waals surface area (Å²) in [6.45, 7) is 8.84. The van der Waals surface area contributed by atoms with Crippen molar-refractivity contribution in [1.29, 1.82) is 0 Å². The number of carbonyl (C=O) groups is 1. The second-order valence-corrected chi connectivity index (χ2v) is 5.41. The summed E-state index contributed by atoms with van der Waals surface area (Å²) in [4.78, 5) is 15.3. The van der Waals surface area contributed by atoms with Crippen molar-refractivity contribution in [3.63, 3.8) is 0 Å². The average molecular weight is 270 g/mol. The maximum atomic E-state index is 12.1. The Kier molecular flexibility index (Phi) is 4.28. The van der Waals surface area contributed by atoms with Crippen LogP contribution in [0.25, 0.3) is 0 Å². The van der Waals surface area contributed by atoms with Gasteiger partial charge in [0.2, 0.25) is 0 Å². The van der Waals surface area contributed by atoms with Gasteiger partial charge in [0.1, 0.15) is 0 Å². The Labute approximate surface area is 120 Å². The van der Waals surface area contributed by atoms with Gasteiger partial charge in [-0.25, -0.2) is 0 Å². The summed E-state index contributed by atoms with van der Waals surface area (Å²) in [5, 5.41) is 2.98. The van der Waals surface area contributed by atoms with Gasteiger partial charge in [-0.1, -0.05) is 6.07 Å². The van der Waals surface area contributed by atoms with Crippen molar-refractivity contribution in [2.45, 2.75) is 34.1 Å². The lowest BCUT2D eigenvalue weighted by Gasteiger charge is -2.07. The van der Waals surface area contributed by atoms with Crippen molar-refractivity contribution in [2.75, 3.05) is 6.54 Å². The fraction of sp³-hybridized carbons (Fsp3) is 0.353. The molecule has 3 heteroatoms. The van der Waals surface area contributed by atoms with Gasteiger partial charge in [-0.3, -0.25) is 4.79 Å². The quantitative estimate of drug-likeness (QED) is 0.880. The van der Waals surface area contributed by atoms with Crippen molar-refractivity contribution in [1.82, 2.24) is 10.3 Å². The van der Waals surface area contributed by atoms with Crippen LogP contribution in [0.2, 0.25) is 0 Å². The predicted octanol–water partition coefficient (Wildman–Crippen LogP) is 3.22. The molecule has 0 spiro atoms. The van der Waals surface area contributed by atoms with Crippen LogP contribution in [-0.2, 0) is 6.42 Å². The molecule has 1 amide bonds. The van der Waals surface area contributed by atoms with E-state index in [1.54, 1.807) is 0 Å². The Balaban J connectivity index is 1.92. The van der Waals surface area contributed by atoms with E-state index in [9.17, 15) is 4.79 Å². The lowest BCUT2D eigenvalue weighted by Crippen LogP contribution is -2.25. The molecule has 3 nitrogen and oxygen atoms in total. The molecule has 0 fully saturated rings. The van der Waals surface area contributed by atoms with Crippen molar-refractivity contribution in [3.8, 4) is 0 Å². The van der Waals surface area contributed by atoms with E-state index in [2.05, 4.69) is 23.3 Å². The first-order valence-corrected chi connectivity index (χ1v) is 6.98. The molecular weight excluding hydrogens is 248 g/mol. The molecule has 0 aliphatic rings. The maximum absolute atomic E-state index is 12.1. The minimum absolute atomic E-state index is 0.00184. The highest BCUT2D eigenvalue weighted by atomic mass is 16.1. The maximum Gasteiger partial charge on any atom is 0.251 e.